The number of nitro benzene ring substituents is 1. The SMILES string of the molecule is Cc1ccc(C(=O)N/N=C\c2ccc(OC3CSC3)cc2)cc1[N+](=O)[O-]. The van der Waals surface area contributed by atoms with E-state index in [1.54, 1.807) is 6.92 Å². The Labute approximate surface area is 154 Å². The van der Waals surface area contributed by atoms with Gasteiger partial charge in [0.25, 0.3) is 11.6 Å². The van der Waals surface area contributed by atoms with Gasteiger partial charge in [-0.25, -0.2) is 5.43 Å². The second kappa shape index (κ2) is 8.01. The molecule has 1 N–H and O–H groups in total. The minimum atomic E-state index is -0.513. The molecule has 1 fully saturated rings. The molecular weight excluding hydrogens is 354 g/mol. The van der Waals surface area contributed by atoms with Crippen molar-refractivity contribution in [3.8, 4) is 5.75 Å². The van der Waals surface area contributed by atoms with Crippen LogP contribution in [0.25, 0.3) is 0 Å². The Kier molecular flexibility index (Phi) is 5.52. The summed E-state index contributed by atoms with van der Waals surface area (Å²) in [5.41, 5.74) is 3.76. The summed E-state index contributed by atoms with van der Waals surface area (Å²) in [6.07, 6.45) is 1.79. The van der Waals surface area contributed by atoms with E-state index in [2.05, 4.69) is 10.5 Å². The van der Waals surface area contributed by atoms with Crippen molar-refractivity contribution >= 4 is 29.6 Å². The van der Waals surface area contributed by atoms with Gasteiger partial charge in [0.1, 0.15) is 11.9 Å². The van der Waals surface area contributed by atoms with Crippen LogP contribution in [-0.4, -0.2) is 34.7 Å². The molecule has 0 unspecified atom stereocenters. The first-order valence-electron chi connectivity index (χ1n) is 7.96. The van der Waals surface area contributed by atoms with Crippen molar-refractivity contribution in [2.75, 3.05) is 11.5 Å². The first-order valence-corrected chi connectivity index (χ1v) is 9.11. The lowest BCUT2D eigenvalue weighted by atomic mass is 10.1. The van der Waals surface area contributed by atoms with Crippen LogP contribution >= 0.6 is 11.8 Å². The van der Waals surface area contributed by atoms with Crippen LogP contribution in [0.15, 0.2) is 47.6 Å². The van der Waals surface area contributed by atoms with Gasteiger partial charge in [0, 0.05) is 28.7 Å². The van der Waals surface area contributed by atoms with Gasteiger partial charge < -0.3 is 4.74 Å². The van der Waals surface area contributed by atoms with E-state index in [0.29, 0.717) is 5.56 Å². The van der Waals surface area contributed by atoms with Crippen molar-refractivity contribution in [3.05, 3.63) is 69.3 Å². The van der Waals surface area contributed by atoms with Gasteiger partial charge in [-0.05, 0) is 42.8 Å². The molecule has 26 heavy (non-hydrogen) atoms. The Hall–Kier alpha value is -2.87. The number of ether oxygens (including phenoxy) is 1. The van der Waals surface area contributed by atoms with E-state index >= 15 is 0 Å². The van der Waals surface area contributed by atoms with Crippen LogP contribution in [0.4, 0.5) is 5.69 Å². The van der Waals surface area contributed by atoms with Crippen LogP contribution in [0.5, 0.6) is 5.75 Å². The highest BCUT2D eigenvalue weighted by atomic mass is 32.2. The van der Waals surface area contributed by atoms with Crippen LogP contribution < -0.4 is 10.2 Å². The highest BCUT2D eigenvalue weighted by Crippen LogP contribution is 2.23. The summed E-state index contributed by atoms with van der Waals surface area (Å²) in [6, 6.07) is 11.7. The fourth-order valence-corrected chi connectivity index (χ4v) is 2.85. The molecule has 2 aromatic carbocycles. The quantitative estimate of drug-likeness (QED) is 0.478. The van der Waals surface area contributed by atoms with Crippen molar-refractivity contribution in [2.24, 2.45) is 5.10 Å². The summed E-state index contributed by atoms with van der Waals surface area (Å²) >= 11 is 1.86. The maximum atomic E-state index is 12.1. The third-order valence-corrected chi connectivity index (χ3v) is 5.05. The third-order valence-electron chi connectivity index (χ3n) is 3.84. The monoisotopic (exact) mass is 371 g/mol. The summed E-state index contributed by atoms with van der Waals surface area (Å²) in [4.78, 5) is 22.5. The number of hydrogen-bond donors (Lipinski definition) is 1. The van der Waals surface area contributed by atoms with Gasteiger partial charge in [-0.2, -0.15) is 16.9 Å². The molecule has 1 aliphatic rings. The Morgan fingerprint density at radius 3 is 2.65 bits per heavy atom. The standard InChI is InChI=1S/C18H17N3O4S/c1-12-2-5-14(8-17(12)21(23)24)18(22)20-19-9-13-3-6-15(7-4-13)25-16-10-26-11-16/h2-9,16H,10-11H2,1H3,(H,20,22)/b19-9-. The van der Waals surface area contributed by atoms with Crippen molar-refractivity contribution in [1.82, 2.24) is 5.43 Å². The maximum Gasteiger partial charge on any atom is 0.273 e. The number of nitro groups is 1. The van der Waals surface area contributed by atoms with Gasteiger partial charge in [-0.1, -0.05) is 6.07 Å². The number of benzene rings is 2. The summed E-state index contributed by atoms with van der Waals surface area (Å²) in [7, 11) is 0. The minimum absolute atomic E-state index is 0.0953. The molecule has 1 aliphatic heterocycles. The molecule has 0 aromatic heterocycles. The van der Waals surface area contributed by atoms with E-state index in [9.17, 15) is 14.9 Å². The average molecular weight is 371 g/mol. The van der Waals surface area contributed by atoms with Crippen LogP contribution in [-0.2, 0) is 0 Å². The topological polar surface area (TPSA) is 93.8 Å². The van der Waals surface area contributed by atoms with Crippen LogP contribution in [0.2, 0.25) is 0 Å². The number of thioether (sulfide) groups is 1. The Balaban J connectivity index is 1.58. The molecule has 0 bridgehead atoms. The summed E-state index contributed by atoms with van der Waals surface area (Å²) in [5.74, 6) is 2.34. The van der Waals surface area contributed by atoms with Crippen LogP contribution in [0.1, 0.15) is 21.5 Å². The lowest BCUT2D eigenvalue weighted by Crippen LogP contribution is -2.30. The molecule has 8 heteroatoms. The Bertz CT molecular complexity index is 848. The van der Waals surface area contributed by atoms with E-state index in [0.717, 1.165) is 22.8 Å². The van der Waals surface area contributed by atoms with Crippen molar-refractivity contribution < 1.29 is 14.5 Å². The van der Waals surface area contributed by atoms with Gasteiger partial charge in [0.2, 0.25) is 0 Å². The molecule has 0 atom stereocenters. The van der Waals surface area contributed by atoms with E-state index in [1.807, 2.05) is 36.0 Å². The molecular formula is C18H17N3O4S. The first-order chi connectivity index (χ1) is 12.5. The smallest absolute Gasteiger partial charge is 0.273 e. The molecule has 1 saturated heterocycles. The largest absolute Gasteiger partial charge is 0.489 e. The second-order valence-electron chi connectivity index (χ2n) is 5.80. The first kappa shape index (κ1) is 17.9. The number of hydrogen-bond acceptors (Lipinski definition) is 6. The van der Waals surface area contributed by atoms with Crippen LogP contribution in [0.3, 0.4) is 0 Å². The number of rotatable bonds is 6. The summed E-state index contributed by atoms with van der Waals surface area (Å²) in [6.45, 7) is 1.62. The Morgan fingerprint density at radius 1 is 1.31 bits per heavy atom. The maximum absolute atomic E-state index is 12.1. The molecule has 7 nitrogen and oxygen atoms in total. The highest BCUT2D eigenvalue weighted by Gasteiger charge is 2.19. The number of nitrogens with one attached hydrogen (secondary N) is 1. The summed E-state index contributed by atoms with van der Waals surface area (Å²) in [5, 5.41) is 14.8. The predicted molar refractivity (Wildman–Crippen MR) is 101 cm³/mol. The molecule has 0 spiro atoms. The molecule has 0 aliphatic carbocycles. The van der Waals surface area contributed by atoms with E-state index in [-0.39, 0.29) is 17.4 Å². The number of nitrogens with zero attached hydrogens (tertiary/aromatic N) is 2. The van der Waals surface area contributed by atoms with Gasteiger partial charge in [0.15, 0.2) is 0 Å². The lowest BCUT2D eigenvalue weighted by molar-refractivity contribution is -0.385. The second-order valence-corrected chi connectivity index (χ2v) is 6.88. The lowest BCUT2D eigenvalue weighted by Gasteiger charge is -2.25. The van der Waals surface area contributed by atoms with Gasteiger partial charge in [-0.3, -0.25) is 14.9 Å². The van der Waals surface area contributed by atoms with Crippen molar-refractivity contribution in [3.63, 3.8) is 0 Å². The van der Waals surface area contributed by atoms with Gasteiger partial charge in [-0.15, -0.1) is 0 Å². The molecule has 3 rings (SSSR count). The number of amides is 1. The summed E-state index contributed by atoms with van der Waals surface area (Å²) < 4.78 is 5.76. The zero-order valence-corrected chi connectivity index (χ0v) is 14.9. The van der Waals surface area contributed by atoms with E-state index in [1.165, 1.54) is 24.4 Å². The fourth-order valence-electron chi connectivity index (χ4n) is 2.28. The molecule has 1 heterocycles. The third kappa shape index (κ3) is 4.40. The molecule has 0 radical (unpaired) electrons. The van der Waals surface area contributed by atoms with Crippen LogP contribution in [0, 0.1) is 17.0 Å². The predicted octanol–water partition coefficient (Wildman–Crippen LogP) is 3.16. The number of aryl methyl sites for hydroxylation is 1. The molecule has 1 amide bonds. The number of hydrazone groups is 1. The molecule has 0 saturated carbocycles. The fraction of sp³-hybridized carbons (Fsp3) is 0.222. The molecule has 134 valence electrons. The highest BCUT2D eigenvalue weighted by molar-refractivity contribution is 8.00. The minimum Gasteiger partial charge on any atom is -0.489 e. The average Bonchev–Trinajstić information content (AvgIpc) is 2.59. The Morgan fingerprint density at radius 2 is 2.04 bits per heavy atom. The molecule has 2 aromatic rings. The van der Waals surface area contributed by atoms with Gasteiger partial charge >= 0.3 is 0 Å². The van der Waals surface area contributed by atoms with Gasteiger partial charge in [0.05, 0.1) is 11.1 Å². The van der Waals surface area contributed by atoms with Crippen molar-refractivity contribution in [1.29, 1.82) is 0 Å². The van der Waals surface area contributed by atoms with E-state index in [4.69, 9.17) is 4.74 Å². The van der Waals surface area contributed by atoms with Crippen molar-refractivity contribution in [2.45, 2.75) is 13.0 Å². The normalized spacial score (nSPS) is 14.0. The number of carbonyl (C=O) groups is 1. The number of carbonyl (C=O) groups excluding carboxylic acids is 1. The zero-order valence-electron chi connectivity index (χ0n) is 14.0. The van der Waals surface area contributed by atoms with E-state index < -0.39 is 10.8 Å². The zero-order chi connectivity index (χ0) is 18.5.